The van der Waals surface area contributed by atoms with E-state index in [0.717, 1.165) is 5.56 Å². The number of carbonyl (C=O) groups is 3. The molecule has 1 N–H and O–H groups in total. The molecule has 0 saturated carbocycles. The SMILES string of the molecule is O=C(Cn1cccc1C(=O)N1CCN(C(=O)c2ccco2)CC1)NCc1ccccc1. The second-order valence-electron chi connectivity index (χ2n) is 7.35. The van der Waals surface area contributed by atoms with Gasteiger partial charge >= 0.3 is 0 Å². The first-order valence-electron chi connectivity index (χ1n) is 10.2. The summed E-state index contributed by atoms with van der Waals surface area (Å²) in [6, 6.07) is 16.4. The van der Waals surface area contributed by atoms with E-state index in [2.05, 4.69) is 5.32 Å². The van der Waals surface area contributed by atoms with E-state index in [1.54, 1.807) is 44.8 Å². The van der Waals surface area contributed by atoms with Crippen molar-refractivity contribution in [2.75, 3.05) is 26.2 Å². The Morgan fingerprint density at radius 3 is 2.23 bits per heavy atom. The number of furan rings is 1. The van der Waals surface area contributed by atoms with Crippen LogP contribution in [-0.4, -0.2) is 58.3 Å². The first-order chi connectivity index (χ1) is 15.1. The van der Waals surface area contributed by atoms with Crippen LogP contribution in [0.4, 0.5) is 0 Å². The minimum atomic E-state index is -0.171. The first-order valence-corrected chi connectivity index (χ1v) is 10.2. The van der Waals surface area contributed by atoms with Gasteiger partial charge in [-0.25, -0.2) is 0 Å². The molecule has 8 nitrogen and oxygen atoms in total. The number of carbonyl (C=O) groups excluding carboxylic acids is 3. The number of rotatable bonds is 6. The molecule has 8 heteroatoms. The fourth-order valence-electron chi connectivity index (χ4n) is 3.58. The topological polar surface area (TPSA) is 87.8 Å². The van der Waals surface area contributed by atoms with Gasteiger partial charge in [0.2, 0.25) is 5.91 Å². The van der Waals surface area contributed by atoms with Crippen LogP contribution >= 0.6 is 0 Å². The molecule has 1 saturated heterocycles. The molecule has 4 rings (SSSR count). The number of amides is 3. The summed E-state index contributed by atoms with van der Waals surface area (Å²) in [5.41, 5.74) is 1.47. The standard InChI is InChI=1S/C23H24N4O4/c28-21(24-16-18-6-2-1-3-7-18)17-27-10-4-8-19(27)22(29)25-11-13-26(14-12-25)23(30)20-9-5-15-31-20/h1-10,15H,11-14,16-17H2,(H,24,28). The van der Waals surface area contributed by atoms with Crippen molar-refractivity contribution in [3.8, 4) is 0 Å². The monoisotopic (exact) mass is 420 g/mol. The van der Waals surface area contributed by atoms with E-state index in [4.69, 9.17) is 4.42 Å². The summed E-state index contributed by atoms with van der Waals surface area (Å²) in [6.45, 7) is 2.23. The Kier molecular flexibility index (Phi) is 6.16. The van der Waals surface area contributed by atoms with E-state index in [0.29, 0.717) is 44.2 Å². The van der Waals surface area contributed by atoms with Crippen LogP contribution in [0.5, 0.6) is 0 Å². The summed E-state index contributed by atoms with van der Waals surface area (Å²) in [5, 5.41) is 2.88. The van der Waals surface area contributed by atoms with Crippen LogP contribution in [0.2, 0.25) is 0 Å². The number of nitrogens with one attached hydrogen (secondary N) is 1. The van der Waals surface area contributed by atoms with Crippen LogP contribution in [0.15, 0.2) is 71.5 Å². The molecule has 1 fully saturated rings. The number of benzene rings is 1. The summed E-state index contributed by atoms with van der Waals surface area (Å²) in [7, 11) is 0. The maximum atomic E-state index is 13.0. The van der Waals surface area contributed by atoms with E-state index in [1.165, 1.54) is 6.26 Å². The molecule has 0 bridgehead atoms. The Hall–Kier alpha value is -3.81. The van der Waals surface area contributed by atoms with Crippen LogP contribution in [0.3, 0.4) is 0 Å². The molecule has 3 amide bonds. The molecular formula is C23H24N4O4. The highest BCUT2D eigenvalue weighted by Crippen LogP contribution is 2.13. The van der Waals surface area contributed by atoms with E-state index >= 15 is 0 Å². The number of hydrogen-bond donors (Lipinski definition) is 1. The van der Waals surface area contributed by atoms with Gasteiger partial charge in [0, 0.05) is 38.9 Å². The van der Waals surface area contributed by atoms with E-state index in [1.807, 2.05) is 30.3 Å². The van der Waals surface area contributed by atoms with Gasteiger partial charge in [-0.2, -0.15) is 0 Å². The van der Waals surface area contributed by atoms with E-state index in [9.17, 15) is 14.4 Å². The Morgan fingerprint density at radius 1 is 0.839 bits per heavy atom. The van der Waals surface area contributed by atoms with Crippen molar-refractivity contribution in [3.63, 3.8) is 0 Å². The largest absolute Gasteiger partial charge is 0.459 e. The van der Waals surface area contributed by atoms with Gasteiger partial charge in [0.05, 0.1) is 6.26 Å². The summed E-state index contributed by atoms with van der Waals surface area (Å²) < 4.78 is 6.83. The molecule has 3 heterocycles. The Bertz CT molecular complexity index is 1030. The van der Waals surface area contributed by atoms with Crippen molar-refractivity contribution in [2.24, 2.45) is 0 Å². The Morgan fingerprint density at radius 2 is 1.55 bits per heavy atom. The molecular weight excluding hydrogens is 396 g/mol. The average molecular weight is 420 g/mol. The lowest BCUT2D eigenvalue weighted by Gasteiger charge is -2.34. The number of piperazine rings is 1. The van der Waals surface area contributed by atoms with Gasteiger partial charge in [-0.3, -0.25) is 14.4 Å². The maximum absolute atomic E-state index is 13.0. The van der Waals surface area contributed by atoms with Gasteiger partial charge < -0.3 is 24.1 Å². The fourth-order valence-corrected chi connectivity index (χ4v) is 3.58. The third-order valence-electron chi connectivity index (χ3n) is 5.28. The molecule has 0 unspecified atom stereocenters. The van der Waals surface area contributed by atoms with Gasteiger partial charge in [0.1, 0.15) is 12.2 Å². The molecule has 0 aliphatic carbocycles. The number of nitrogens with zero attached hydrogens (tertiary/aromatic N) is 3. The van der Waals surface area contributed by atoms with Crippen LogP contribution < -0.4 is 5.32 Å². The van der Waals surface area contributed by atoms with Crippen LogP contribution in [0, 0.1) is 0 Å². The molecule has 2 aromatic heterocycles. The number of hydrogen-bond acceptors (Lipinski definition) is 4. The molecule has 0 atom stereocenters. The molecule has 0 radical (unpaired) electrons. The lowest BCUT2D eigenvalue weighted by Crippen LogP contribution is -2.50. The van der Waals surface area contributed by atoms with Crippen molar-refractivity contribution >= 4 is 17.7 Å². The lowest BCUT2D eigenvalue weighted by atomic mass is 10.2. The van der Waals surface area contributed by atoms with Gasteiger partial charge in [-0.05, 0) is 29.8 Å². The molecule has 31 heavy (non-hydrogen) atoms. The molecule has 160 valence electrons. The molecule has 1 aromatic carbocycles. The normalized spacial score (nSPS) is 13.8. The van der Waals surface area contributed by atoms with Crippen molar-refractivity contribution in [3.05, 3.63) is 84.1 Å². The van der Waals surface area contributed by atoms with Crippen molar-refractivity contribution in [1.29, 1.82) is 0 Å². The molecule has 1 aliphatic heterocycles. The van der Waals surface area contributed by atoms with Gasteiger partial charge in [-0.1, -0.05) is 30.3 Å². The quantitative estimate of drug-likeness (QED) is 0.661. The van der Waals surface area contributed by atoms with Crippen LogP contribution in [0.25, 0.3) is 0 Å². The second kappa shape index (κ2) is 9.34. The zero-order valence-corrected chi connectivity index (χ0v) is 17.1. The molecule has 1 aliphatic rings. The minimum Gasteiger partial charge on any atom is -0.459 e. The van der Waals surface area contributed by atoms with Crippen molar-refractivity contribution in [2.45, 2.75) is 13.1 Å². The highest BCUT2D eigenvalue weighted by atomic mass is 16.3. The Balaban J connectivity index is 1.31. The van der Waals surface area contributed by atoms with Crippen molar-refractivity contribution < 1.29 is 18.8 Å². The van der Waals surface area contributed by atoms with Gasteiger partial charge in [-0.15, -0.1) is 0 Å². The van der Waals surface area contributed by atoms with Crippen LogP contribution in [-0.2, 0) is 17.9 Å². The lowest BCUT2D eigenvalue weighted by molar-refractivity contribution is -0.121. The highest BCUT2D eigenvalue weighted by molar-refractivity contribution is 5.94. The third kappa shape index (κ3) is 4.85. The predicted octanol–water partition coefficient (Wildman–Crippen LogP) is 2.00. The van der Waals surface area contributed by atoms with E-state index in [-0.39, 0.29) is 24.3 Å². The summed E-state index contributed by atoms with van der Waals surface area (Å²) in [6.07, 6.45) is 3.20. The summed E-state index contributed by atoms with van der Waals surface area (Å²) >= 11 is 0. The third-order valence-corrected chi connectivity index (χ3v) is 5.28. The smallest absolute Gasteiger partial charge is 0.289 e. The van der Waals surface area contributed by atoms with Gasteiger partial charge in [0.25, 0.3) is 11.8 Å². The minimum absolute atomic E-state index is 0.0673. The average Bonchev–Trinajstić information content (AvgIpc) is 3.50. The summed E-state index contributed by atoms with van der Waals surface area (Å²) in [4.78, 5) is 41.1. The predicted molar refractivity (Wildman–Crippen MR) is 113 cm³/mol. The van der Waals surface area contributed by atoms with Gasteiger partial charge in [0.15, 0.2) is 5.76 Å². The zero-order valence-electron chi connectivity index (χ0n) is 17.1. The highest BCUT2D eigenvalue weighted by Gasteiger charge is 2.27. The van der Waals surface area contributed by atoms with Crippen LogP contribution in [0.1, 0.15) is 26.6 Å². The second-order valence-corrected chi connectivity index (χ2v) is 7.35. The molecule has 3 aromatic rings. The maximum Gasteiger partial charge on any atom is 0.289 e. The fraction of sp³-hybridized carbons (Fsp3) is 0.261. The summed E-state index contributed by atoms with van der Waals surface area (Å²) in [5.74, 6) is -0.181. The first kappa shape index (κ1) is 20.5. The molecule has 0 spiro atoms. The Labute approximate surface area is 180 Å². The van der Waals surface area contributed by atoms with Crippen molar-refractivity contribution in [1.82, 2.24) is 19.7 Å². The zero-order chi connectivity index (χ0) is 21.6. The van der Waals surface area contributed by atoms with E-state index < -0.39 is 0 Å². The number of aromatic nitrogens is 1.